The maximum absolute atomic E-state index is 9.49. The monoisotopic (exact) mass is 304 g/mol. The number of aromatic hydroxyl groups is 1. The quantitative estimate of drug-likeness (QED) is 0.514. The fraction of sp³-hybridized carbons (Fsp3) is 0.0714. The van der Waals surface area contributed by atoms with Crippen LogP contribution in [-0.4, -0.2) is 29.3 Å². The van der Waals surface area contributed by atoms with Crippen LogP contribution in [0, 0.1) is 0 Å². The molecule has 0 radical (unpaired) electrons. The van der Waals surface area contributed by atoms with Gasteiger partial charge in [-0.15, -0.1) is 5.10 Å². The molecule has 21 heavy (non-hydrogen) atoms. The van der Waals surface area contributed by atoms with Crippen molar-refractivity contribution < 1.29 is 9.84 Å². The van der Waals surface area contributed by atoms with Gasteiger partial charge in [0.05, 0.1) is 13.3 Å². The molecule has 2 aromatic rings. The van der Waals surface area contributed by atoms with Crippen LogP contribution in [0.3, 0.4) is 0 Å². The van der Waals surface area contributed by atoms with E-state index >= 15 is 0 Å². The molecule has 1 aromatic heterocycles. The minimum Gasteiger partial charge on any atom is -0.504 e. The third kappa shape index (κ3) is 3.93. The second-order valence-corrected chi connectivity index (χ2v) is 4.46. The summed E-state index contributed by atoms with van der Waals surface area (Å²) in [5.74, 6) is 0.563. The molecule has 0 aliphatic rings. The molecule has 1 aromatic carbocycles. The number of halogens is 1. The highest BCUT2D eigenvalue weighted by Crippen LogP contribution is 2.25. The molecule has 1 heterocycles. The summed E-state index contributed by atoms with van der Waals surface area (Å²) < 4.78 is 5.00. The molecule has 0 aliphatic carbocycles. The molecule has 7 heteroatoms. The molecule has 0 unspecified atom stereocenters. The minimum atomic E-state index is 0.0563. The average molecular weight is 305 g/mol. The predicted molar refractivity (Wildman–Crippen MR) is 82.2 cm³/mol. The smallest absolute Gasteiger partial charge is 0.172 e. The first-order valence-corrected chi connectivity index (χ1v) is 6.33. The molecule has 0 bridgehead atoms. The van der Waals surface area contributed by atoms with E-state index in [1.807, 2.05) is 0 Å². The molecule has 3 N–H and O–H groups in total. The summed E-state index contributed by atoms with van der Waals surface area (Å²) in [7, 11) is 1.47. The maximum Gasteiger partial charge on any atom is 0.172 e. The van der Waals surface area contributed by atoms with Crippen LogP contribution in [0.2, 0.25) is 5.02 Å². The molecule has 6 nitrogen and oxygen atoms in total. The van der Waals surface area contributed by atoms with E-state index in [-0.39, 0.29) is 11.6 Å². The van der Waals surface area contributed by atoms with Crippen LogP contribution in [-0.2, 0) is 0 Å². The number of hydrogen-bond acceptors (Lipinski definition) is 5. The first-order chi connectivity index (χ1) is 10.1. The van der Waals surface area contributed by atoms with Crippen molar-refractivity contribution in [2.45, 2.75) is 0 Å². The van der Waals surface area contributed by atoms with Gasteiger partial charge in [-0.25, -0.2) is 0 Å². The zero-order valence-electron chi connectivity index (χ0n) is 11.2. The van der Waals surface area contributed by atoms with Gasteiger partial charge in [-0.3, -0.25) is 4.98 Å². The van der Waals surface area contributed by atoms with Gasteiger partial charge < -0.3 is 15.6 Å². The predicted octanol–water partition coefficient (Wildman–Crippen LogP) is 2.19. The van der Waals surface area contributed by atoms with Gasteiger partial charge in [0.1, 0.15) is 5.69 Å². The third-order valence-corrected chi connectivity index (χ3v) is 2.80. The fourth-order valence-corrected chi connectivity index (χ4v) is 1.69. The van der Waals surface area contributed by atoms with E-state index in [2.05, 4.69) is 15.2 Å². The third-order valence-electron chi connectivity index (χ3n) is 2.56. The Kier molecular flexibility index (Phi) is 4.73. The van der Waals surface area contributed by atoms with Crippen LogP contribution in [0.1, 0.15) is 11.3 Å². The van der Waals surface area contributed by atoms with E-state index in [1.165, 1.54) is 25.6 Å². The van der Waals surface area contributed by atoms with Crippen molar-refractivity contribution in [2.24, 2.45) is 15.9 Å². The minimum absolute atomic E-state index is 0.0563. The fourth-order valence-electron chi connectivity index (χ4n) is 1.53. The number of rotatable bonds is 4. The molecule has 0 saturated carbocycles. The number of nitrogens with zero attached hydrogens (tertiary/aromatic N) is 3. The number of phenolic OH excluding ortho intramolecular Hbond substituents is 1. The van der Waals surface area contributed by atoms with E-state index in [4.69, 9.17) is 22.1 Å². The molecule has 0 atom stereocenters. The molecular formula is C14H13ClN4O2. The largest absolute Gasteiger partial charge is 0.504 e. The number of aromatic nitrogens is 1. The number of nitrogens with two attached hydrogens (primary N) is 1. The van der Waals surface area contributed by atoms with Crippen LogP contribution in [0.4, 0.5) is 0 Å². The van der Waals surface area contributed by atoms with Gasteiger partial charge in [0, 0.05) is 11.2 Å². The van der Waals surface area contributed by atoms with Crippen LogP contribution in [0.5, 0.6) is 11.5 Å². The molecule has 0 saturated heterocycles. The topological polar surface area (TPSA) is 93.1 Å². The van der Waals surface area contributed by atoms with Gasteiger partial charge in [-0.1, -0.05) is 11.6 Å². The SMILES string of the molecule is COc1cc(/C=N/N=C(\N)c2cc(Cl)ccn2)ccc1O. The number of hydrogen-bond donors (Lipinski definition) is 2. The van der Waals surface area contributed by atoms with Crippen molar-refractivity contribution in [3.05, 3.63) is 52.8 Å². The number of pyridine rings is 1. The molecular weight excluding hydrogens is 292 g/mol. The first-order valence-electron chi connectivity index (χ1n) is 5.95. The highest BCUT2D eigenvalue weighted by atomic mass is 35.5. The number of benzene rings is 1. The van der Waals surface area contributed by atoms with Crippen molar-refractivity contribution in [3.63, 3.8) is 0 Å². The van der Waals surface area contributed by atoms with Crippen LogP contribution in [0.15, 0.2) is 46.7 Å². The lowest BCUT2D eigenvalue weighted by molar-refractivity contribution is 0.373. The van der Waals surface area contributed by atoms with E-state index in [1.54, 1.807) is 24.3 Å². The van der Waals surface area contributed by atoms with Gasteiger partial charge in [-0.05, 0) is 35.9 Å². The lowest BCUT2D eigenvalue weighted by Gasteiger charge is -2.02. The van der Waals surface area contributed by atoms with Crippen molar-refractivity contribution in [1.82, 2.24) is 4.98 Å². The first kappa shape index (κ1) is 14.8. The Labute approximate surface area is 126 Å². The summed E-state index contributed by atoms with van der Waals surface area (Å²) in [5, 5.41) is 17.7. The zero-order chi connectivity index (χ0) is 15.2. The molecule has 0 amide bonds. The standard InChI is InChI=1S/C14H13ClN4O2/c1-21-13-6-9(2-3-12(13)20)8-18-19-14(16)11-7-10(15)4-5-17-11/h2-8,20H,1H3,(H2,16,19)/b18-8+. The van der Waals surface area contributed by atoms with Gasteiger partial charge in [-0.2, -0.15) is 5.10 Å². The highest BCUT2D eigenvalue weighted by molar-refractivity contribution is 6.30. The molecule has 0 fully saturated rings. The summed E-state index contributed by atoms with van der Waals surface area (Å²) in [4.78, 5) is 4.04. The summed E-state index contributed by atoms with van der Waals surface area (Å²) in [6, 6.07) is 8.04. The summed E-state index contributed by atoms with van der Waals surface area (Å²) in [5.41, 5.74) is 6.91. The Bertz CT molecular complexity index is 701. The van der Waals surface area contributed by atoms with Crippen LogP contribution < -0.4 is 10.5 Å². The highest BCUT2D eigenvalue weighted by Gasteiger charge is 2.02. The summed E-state index contributed by atoms with van der Waals surface area (Å²) in [6.07, 6.45) is 3.02. The molecule has 108 valence electrons. The number of amidine groups is 1. The van der Waals surface area contributed by atoms with Gasteiger partial charge in [0.25, 0.3) is 0 Å². The van der Waals surface area contributed by atoms with Crippen LogP contribution in [0.25, 0.3) is 0 Å². The molecule has 0 aliphatic heterocycles. The van der Waals surface area contributed by atoms with Gasteiger partial charge in [0.2, 0.25) is 0 Å². The Balaban J connectivity index is 2.16. The van der Waals surface area contributed by atoms with Gasteiger partial charge in [0.15, 0.2) is 17.3 Å². The van der Waals surface area contributed by atoms with E-state index < -0.39 is 0 Å². The Morgan fingerprint density at radius 3 is 2.90 bits per heavy atom. The maximum atomic E-state index is 9.49. The number of methoxy groups -OCH3 is 1. The van der Waals surface area contributed by atoms with E-state index in [0.29, 0.717) is 22.0 Å². The van der Waals surface area contributed by atoms with E-state index in [0.717, 1.165) is 0 Å². The Hall–Kier alpha value is -2.60. The van der Waals surface area contributed by atoms with Gasteiger partial charge >= 0.3 is 0 Å². The normalized spacial score (nSPS) is 11.8. The molecule has 2 rings (SSSR count). The zero-order valence-corrected chi connectivity index (χ0v) is 11.9. The average Bonchev–Trinajstić information content (AvgIpc) is 2.48. The van der Waals surface area contributed by atoms with Crippen molar-refractivity contribution in [1.29, 1.82) is 0 Å². The second kappa shape index (κ2) is 6.71. The summed E-state index contributed by atoms with van der Waals surface area (Å²) in [6.45, 7) is 0. The Morgan fingerprint density at radius 1 is 1.38 bits per heavy atom. The summed E-state index contributed by atoms with van der Waals surface area (Å²) >= 11 is 5.84. The van der Waals surface area contributed by atoms with Crippen molar-refractivity contribution in [3.8, 4) is 11.5 Å². The van der Waals surface area contributed by atoms with Crippen molar-refractivity contribution >= 4 is 23.7 Å². The number of ether oxygens (including phenoxy) is 1. The second-order valence-electron chi connectivity index (χ2n) is 4.02. The Morgan fingerprint density at radius 2 is 2.19 bits per heavy atom. The van der Waals surface area contributed by atoms with Crippen LogP contribution >= 0.6 is 11.6 Å². The lowest BCUT2D eigenvalue weighted by Crippen LogP contribution is -2.14. The number of phenols is 1. The lowest BCUT2D eigenvalue weighted by atomic mass is 10.2. The van der Waals surface area contributed by atoms with Crippen molar-refractivity contribution in [2.75, 3.05) is 7.11 Å². The molecule has 0 spiro atoms. The van der Waals surface area contributed by atoms with E-state index in [9.17, 15) is 5.11 Å².